The van der Waals surface area contributed by atoms with E-state index in [1.807, 2.05) is 30.0 Å². The quantitative estimate of drug-likeness (QED) is 0.818. The first-order valence-corrected chi connectivity index (χ1v) is 7.32. The van der Waals surface area contributed by atoms with Gasteiger partial charge in [0.15, 0.2) is 0 Å². The molecule has 1 unspecified atom stereocenters. The lowest BCUT2D eigenvalue weighted by Crippen LogP contribution is -2.41. The van der Waals surface area contributed by atoms with Gasteiger partial charge in [-0.15, -0.1) is 0 Å². The Labute approximate surface area is 125 Å². The second-order valence-corrected chi connectivity index (χ2v) is 5.82. The molecule has 21 heavy (non-hydrogen) atoms. The van der Waals surface area contributed by atoms with Crippen molar-refractivity contribution in [3.63, 3.8) is 0 Å². The van der Waals surface area contributed by atoms with Crippen LogP contribution < -0.4 is 5.73 Å². The molecule has 3 rings (SSSR count). The minimum absolute atomic E-state index is 0.0220. The van der Waals surface area contributed by atoms with E-state index < -0.39 is 0 Å². The molecule has 2 aromatic rings. The summed E-state index contributed by atoms with van der Waals surface area (Å²) in [6.07, 6.45) is 0. The molecule has 2 heterocycles. The molecule has 110 valence electrons. The average Bonchev–Trinajstić information content (AvgIpc) is 2.84. The van der Waals surface area contributed by atoms with E-state index in [1.54, 1.807) is 0 Å². The summed E-state index contributed by atoms with van der Waals surface area (Å²) in [5.41, 5.74) is 10.6. The Morgan fingerprint density at radius 3 is 2.71 bits per heavy atom. The van der Waals surface area contributed by atoms with E-state index in [0.29, 0.717) is 11.3 Å². The Hall–Kier alpha value is -2.23. The molecule has 1 aliphatic heterocycles. The monoisotopic (exact) mass is 283 g/mol. The van der Waals surface area contributed by atoms with Crippen LogP contribution in [-0.4, -0.2) is 21.9 Å². The summed E-state index contributed by atoms with van der Waals surface area (Å²) in [6, 6.07) is 9.91. The molecule has 2 N–H and O–H groups in total. The van der Waals surface area contributed by atoms with Crippen LogP contribution in [0.4, 0.5) is 5.69 Å². The molecule has 1 atom stereocenters. The molecule has 0 saturated heterocycles. The predicted molar refractivity (Wildman–Crippen MR) is 84.2 cm³/mol. The molecule has 0 saturated carbocycles. The van der Waals surface area contributed by atoms with Crippen LogP contribution in [0, 0.1) is 13.8 Å². The highest BCUT2D eigenvalue weighted by molar-refractivity contribution is 5.99. The number of anilines is 1. The number of aryl methyl sites for hydroxylation is 2. The highest BCUT2D eigenvalue weighted by Gasteiger charge is 2.29. The molecular weight excluding hydrogens is 262 g/mol. The van der Waals surface area contributed by atoms with Gasteiger partial charge in [-0.25, -0.2) is 0 Å². The van der Waals surface area contributed by atoms with Gasteiger partial charge >= 0.3 is 0 Å². The van der Waals surface area contributed by atoms with Crippen molar-refractivity contribution in [3.05, 3.63) is 52.8 Å². The van der Waals surface area contributed by atoms with E-state index in [2.05, 4.69) is 30.5 Å². The van der Waals surface area contributed by atoms with E-state index in [9.17, 15) is 4.79 Å². The number of carbonyl (C=O) groups excluding carboxylic acids is 1. The SMILES string of the molecule is Cc1ccc(N)c(C(=O)N2CCn3c(C)ccc3C2C)c1. The lowest BCUT2D eigenvalue weighted by molar-refractivity contribution is 0.0644. The van der Waals surface area contributed by atoms with Crippen LogP contribution in [0.25, 0.3) is 0 Å². The molecule has 0 radical (unpaired) electrons. The second kappa shape index (κ2) is 4.95. The first-order valence-electron chi connectivity index (χ1n) is 7.32. The summed E-state index contributed by atoms with van der Waals surface area (Å²) in [7, 11) is 0. The summed E-state index contributed by atoms with van der Waals surface area (Å²) in [4.78, 5) is 14.8. The van der Waals surface area contributed by atoms with Gasteiger partial charge in [0.25, 0.3) is 5.91 Å². The van der Waals surface area contributed by atoms with Crippen molar-refractivity contribution in [1.82, 2.24) is 9.47 Å². The summed E-state index contributed by atoms with van der Waals surface area (Å²) in [5.74, 6) is 0.0220. The highest BCUT2D eigenvalue weighted by atomic mass is 16.2. The number of hydrogen-bond donors (Lipinski definition) is 1. The van der Waals surface area contributed by atoms with Crippen LogP contribution in [0.3, 0.4) is 0 Å². The van der Waals surface area contributed by atoms with Crippen LogP contribution in [-0.2, 0) is 6.54 Å². The number of nitrogens with two attached hydrogens (primary N) is 1. The molecule has 1 amide bonds. The molecule has 1 aliphatic rings. The molecular formula is C17H21N3O. The number of carbonyl (C=O) groups is 1. The Kier molecular flexibility index (Phi) is 3.24. The molecule has 0 aliphatic carbocycles. The molecule has 4 nitrogen and oxygen atoms in total. The van der Waals surface area contributed by atoms with Crippen LogP contribution in [0.1, 0.15) is 40.3 Å². The number of nitrogens with zero attached hydrogens (tertiary/aromatic N) is 2. The number of fused-ring (bicyclic) bond motifs is 1. The number of nitrogen functional groups attached to an aromatic ring is 1. The highest BCUT2D eigenvalue weighted by Crippen LogP contribution is 2.29. The van der Waals surface area contributed by atoms with Gasteiger partial charge in [0, 0.05) is 30.2 Å². The zero-order chi connectivity index (χ0) is 15.1. The van der Waals surface area contributed by atoms with Crippen molar-refractivity contribution >= 4 is 11.6 Å². The van der Waals surface area contributed by atoms with E-state index in [1.165, 1.54) is 11.4 Å². The first-order chi connectivity index (χ1) is 9.99. The fourth-order valence-corrected chi connectivity index (χ4v) is 3.11. The number of aromatic nitrogens is 1. The Morgan fingerprint density at radius 2 is 1.95 bits per heavy atom. The fraction of sp³-hybridized carbons (Fsp3) is 0.353. The van der Waals surface area contributed by atoms with Gasteiger partial charge in [0.05, 0.1) is 11.6 Å². The molecule has 1 aromatic heterocycles. The Bertz CT molecular complexity index is 702. The van der Waals surface area contributed by atoms with Crippen molar-refractivity contribution in [2.24, 2.45) is 0 Å². The van der Waals surface area contributed by atoms with E-state index >= 15 is 0 Å². The van der Waals surface area contributed by atoms with Gasteiger partial charge < -0.3 is 15.2 Å². The van der Waals surface area contributed by atoms with Crippen molar-refractivity contribution < 1.29 is 4.79 Å². The smallest absolute Gasteiger partial charge is 0.256 e. The molecule has 0 fully saturated rings. The van der Waals surface area contributed by atoms with Gasteiger partial charge in [-0.1, -0.05) is 11.6 Å². The third-order valence-electron chi connectivity index (χ3n) is 4.39. The van der Waals surface area contributed by atoms with Crippen LogP contribution in [0.15, 0.2) is 30.3 Å². The minimum atomic E-state index is 0.0220. The van der Waals surface area contributed by atoms with Crippen molar-refractivity contribution in [2.75, 3.05) is 12.3 Å². The van der Waals surface area contributed by atoms with Crippen LogP contribution >= 0.6 is 0 Å². The summed E-state index contributed by atoms with van der Waals surface area (Å²) in [5, 5.41) is 0. The van der Waals surface area contributed by atoms with Gasteiger partial charge in [0.1, 0.15) is 0 Å². The van der Waals surface area contributed by atoms with E-state index in [-0.39, 0.29) is 11.9 Å². The summed E-state index contributed by atoms with van der Waals surface area (Å²) in [6.45, 7) is 7.72. The number of amides is 1. The molecule has 1 aromatic carbocycles. The topological polar surface area (TPSA) is 51.3 Å². The molecule has 0 bridgehead atoms. The number of rotatable bonds is 1. The maximum atomic E-state index is 12.8. The predicted octanol–water partition coefficient (Wildman–Crippen LogP) is 2.90. The van der Waals surface area contributed by atoms with Gasteiger partial charge in [-0.3, -0.25) is 4.79 Å². The van der Waals surface area contributed by atoms with Crippen molar-refractivity contribution in [2.45, 2.75) is 33.4 Å². The van der Waals surface area contributed by atoms with Crippen molar-refractivity contribution in [1.29, 1.82) is 0 Å². The average molecular weight is 283 g/mol. The molecule has 4 heteroatoms. The standard InChI is InChI=1S/C17H21N3O/c1-11-4-6-15(18)14(10-11)17(21)20-9-8-19-12(2)5-7-16(19)13(20)3/h4-7,10,13H,8-9,18H2,1-3H3. The lowest BCUT2D eigenvalue weighted by atomic mass is 10.1. The fourth-order valence-electron chi connectivity index (χ4n) is 3.11. The van der Waals surface area contributed by atoms with Crippen LogP contribution in [0.5, 0.6) is 0 Å². The van der Waals surface area contributed by atoms with E-state index in [4.69, 9.17) is 5.73 Å². The van der Waals surface area contributed by atoms with Crippen molar-refractivity contribution in [3.8, 4) is 0 Å². The zero-order valence-electron chi connectivity index (χ0n) is 12.8. The van der Waals surface area contributed by atoms with Gasteiger partial charge in [-0.2, -0.15) is 0 Å². The minimum Gasteiger partial charge on any atom is -0.398 e. The van der Waals surface area contributed by atoms with Crippen LogP contribution in [0.2, 0.25) is 0 Å². The Balaban J connectivity index is 1.95. The second-order valence-electron chi connectivity index (χ2n) is 5.82. The molecule has 0 spiro atoms. The van der Waals surface area contributed by atoms with Gasteiger partial charge in [-0.05, 0) is 45.0 Å². The largest absolute Gasteiger partial charge is 0.398 e. The summed E-state index contributed by atoms with van der Waals surface area (Å²) < 4.78 is 2.29. The third kappa shape index (κ3) is 2.20. The normalized spacial score (nSPS) is 17.7. The first kappa shape index (κ1) is 13.7. The maximum Gasteiger partial charge on any atom is 0.256 e. The zero-order valence-corrected chi connectivity index (χ0v) is 12.8. The maximum absolute atomic E-state index is 12.8. The number of benzene rings is 1. The summed E-state index contributed by atoms with van der Waals surface area (Å²) >= 11 is 0. The third-order valence-corrected chi connectivity index (χ3v) is 4.39. The Morgan fingerprint density at radius 1 is 1.19 bits per heavy atom. The van der Waals surface area contributed by atoms with E-state index in [0.717, 1.165) is 18.7 Å². The number of hydrogen-bond acceptors (Lipinski definition) is 2. The van der Waals surface area contributed by atoms with Gasteiger partial charge in [0.2, 0.25) is 0 Å². The lowest BCUT2D eigenvalue weighted by Gasteiger charge is -2.35.